The van der Waals surface area contributed by atoms with Crippen LogP contribution in [0.3, 0.4) is 0 Å². The van der Waals surface area contributed by atoms with Gasteiger partial charge in [0.15, 0.2) is 0 Å². The number of carbonyl (C=O) groups excluding carboxylic acids is 1. The van der Waals surface area contributed by atoms with Crippen molar-refractivity contribution in [1.29, 1.82) is 0 Å². The predicted molar refractivity (Wildman–Crippen MR) is 206 cm³/mol. The van der Waals surface area contributed by atoms with Crippen molar-refractivity contribution >= 4 is 6.09 Å². The molecule has 5 rings (SSSR count). The summed E-state index contributed by atoms with van der Waals surface area (Å²) in [7, 11) is 0. The molecule has 0 atom stereocenters. The summed E-state index contributed by atoms with van der Waals surface area (Å²) in [4.78, 5) is 13.3. The summed E-state index contributed by atoms with van der Waals surface area (Å²) in [6.07, 6.45) is -0.802. The zero-order valence-corrected chi connectivity index (χ0v) is 34.7. The zero-order chi connectivity index (χ0) is 44.0. The van der Waals surface area contributed by atoms with Gasteiger partial charge in [-0.3, -0.25) is 0 Å². The summed E-state index contributed by atoms with van der Waals surface area (Å²) in [5, 5.41) is 3.03. The molecule has 0 aromatic rings. The van der Waals surface area contributed by atoms with Crippen molar-refractivity contribution in [3.63, 3.8) is 0 Å². The monoisotopic (exact) mass is 863 g/mol. The van der Waals surface area contributed by atoms with Crippen LogP contribution in [-0.2, 0) is 4.74 Å². The van der Waals surface area contributed by atoms with Crippen LogP contribution in [0.5, 0.6) is 0 Å². The van der Waals surface area contributed by atoms with Gasteiger partial charge < -0.3 is 15.0 Å². The number of nitrogens with one attached hydrogen (secondary N) is 1. The normalized spacial score (nSPS) is 20.8. The maximum Gasteiger partial charge on any atom is 0.410 e. The van der Waals surface area contributed by atoms with Crippen LogP contribution in [0.15, 0.2) is 23.8 Å². The van der Waals surface area contributed by atoms with E-state index in [-0.39, 0.29) is 25.3 Å². The highest BCUT2D eigenvalue weighted by molar-refractivity contribution is 5.68. The van der Waals surface area contributed by atoms with Gasteiger partial charge in [-0.15, -0.1) is 0 Å². The smallest absolute Gasteiger partial charge is 0.410 e. The minimum atomic E-state index is -4.10. The summed E-state index contributed by atoms with van der Waals surface area (Å²) in [5.74, 6) is -0.302. The Bertz CT molecular complexity index is 1070. The quantitative estimate of drug-likeness (QED) is 0.227. The summed E-state index contributed by atoms with van der Waals surface area (Å²) >= 11 is 0. The van der Waals surface area contributed by atoms with Gasteiger partial charge in [-0.1, -0.05) is 88.4 Å². The third-order valence-electron chi connectivity index (χ3n) is 10.5. The number of ether oxygens (including phenoxy) is 1. The lowest BCUT2D eigenvalue weighted by molar-refractivity contribution is -0.147. The fourth-order valence-corrected chi connectivity index (χ4v) is 7.56. The number of allylic oxidation sites excluding steroid dienone is 2. The summed E-state index contributed by atoms with van der Waals surface area (Å²) < 4.78 is 147. The fraction of sp³-hybridized carbons (Fsp3) is 0.881. The van der Waals surface area contributed by atoms with E-state index in [0.717, 1.165) is 122 Å². The average Bonchev–Trinajstić information content (AvgIpc) is 3.08. The number of rotatable bonds is 3. The molecule has 2 aliphatic heterocycles. The van der Waals surface area contributed by atoms with Crippen LogP contribution in [0.1, 0.15) is 163 Å². The second kappa shape index (κ2) is 26.3. The second-order valence-electron chi connectivity index (χ2n) is 17.3. The molecule has 16 heteroatoms. The molecule has 2 saturated heterocycles. The molecule has 0 radical (unpaired) electrons. The maximum atomic E-state index is 11.8. The number of nitrogens with zero attached hydrogens (tertiary/aromatic N) is 1. The molecular weight excluding hydrogens is 792 g/mol. The Morgan fingerprint density at radius 3 is 1.33 bits per heavy atom. The van der Waals surface area contributed by atoms with Crippen LogP contribution >= 0.6 is 0 Å². The molecule has 0 spiro atoms. The number of hydrogen-bond acceptors (Lipinski definition) is 3. The van der Waals surface area contributed by atoms with Crippen molar-refractivity contribution < 1.29 is 63.6 Å². The Hall–Kier alpha value is -2.13. The van der Waals surface area contributed by atoms with E-state index in [2.05, 4.69) is 11.9 Å². The molecule has 5 fully saturated rings. The van der Waals surface area contributed by atoms with Crippen LogP contribution in [-0.4, -0.2) is 67.5 Å². The molecule has 0 aromatic carbocycles. The van der Waals surface area contributed by atoms with Gasteiger partial charge in [-0.2, -0.15) is 52.7 Å². The molecule has 5 aliphatic rings. The number of halogens is 12. The van der Waals surface area contributed by atoms with Crippen LogP contribution in [0.2, 0.25) is 0 Å². The van der Waals surface area contributed by atoms with Gasteiger partial charge in [0.2, 0.25) is 0 Å². The second-order valence-corrected chi connectivity index (χ2v) is 17.3. The van der Waals surface area contributed by atoms with E-state index in [1.807, 2.05) is 20.8 Å². The Balaban J connectivity index is 0.000000712. The molecule has 3 aliphatic carbocycles. The van der Waals surface area contributed by atoms with Crippen LogP contribution < -0.4 is 5.32 Å². The van der Waals surface area contributed by atoms with Crippen molar-refractivity contribution in [3.8, 4) is 0 Å². The average molecular weight is 863 g/mol. The maximum absolute atomic E-state index is 11.8. The molecule has 1 amide bonds. The van der Waals surface area contributed by atoms with Crippen LogP contribution in [0.4, 0.5) is 57.5 Å². The molecule has 0 bridgehead atoms. The first-order valence-corrected chi connectivity index (χ1v) is 21.0. The van der Waals surface area contributed by atoms with E-state index in [1.165, 1.54) is 5.57 Å². The van der Waals surface area contributed by atoms with Gasteiger partial charge >= 0.3 is 30.8 Å². The first-order valence-electron chi connectivity index (χ1n) is 21.0. The molecule has 0 aromatic heterocycles. The molecule has 58 heavy (non-hydrogen) atoms. The lowest BCUT2D eigenvalue weighted by atomic mass is 9.87. The van der Waals surface area contributed by atoms with Crippen molar-refractivity contribution in [2.75, 3.05) is 26.2 Å². The van der Waals surface area contributed by atoms with Gasteiger partial charge in [0.1, 0.15) is 5.60 Å². The zero-order valence-electron chi connectivity index (χ0n) is 34.7. The Morgan fingerprint density at radius 1 is 0.621 bits per heavy atom. The SMILES string of the molecule is C=C1CCN(C(=O)OC(C)(C)C)CC1.FC(F)(F)C=C1CCCCC1.FC(F)(F)CC1CCCCC1.FC(F)(F)CC1CCCCC1.FC(F)(F)CC1CCNCC1.[HH]. The molecule has 344 valence electrons. The Kier molecular flexibility index (Phi) is 24.4. The Labute approximate surface area is 339 Å². The van der Waals surface area contributed by atoms with E-state index in [0.29, 0.717) is 37.3 Å². The number of hydrogen-bond donors (Lipinski definition) is 1. The van der Waals surface area contributed by atoms with Gasteiger partial charge in [0.05, 0.1) is 0 Å². The highest BCUT2D eigenvalue weighted by Crippen LogP contribution is 2.35. The molecule has 3 saturated carbocycles. The van der Waals surface area contributed by atoms with Crippen LogP contribution in [0.25, 0.3) is 0 Å². The highest BCUT2D eigenvalue weighted by Gasteiger charge is 2.34. The minimum absolute atomic E-state index is 0. The molecule has 2 heterocycles. The third-order valence-corrected chi connectivity index (χ3v) is 10.5. The predicted octanol–water partition coefficient (Wildman–Crippen LogP) is 15.2. The summed E-state index contributed by atoms with van der Waals surface area (Å²) in [5.41, 5.74) is 1.40. The minimum Gasteiger partial charge on any atom is -0.444 e. The lowest BCUT2D eigenvalue weighted by Crippen LogP contribution is -2.40. The molecule has 1 N–H and O–H groups in total. The van der Waals surface area contributed by atoms with Crippen molar-refractivity contribution in [2.45, 2.75) is 192 Å². The standard InChI is InChI=1S/C11H19NO2.2C8H13F3.C8H11F3.C7H12F3N.H2/c1-9-5-7-12(8-6-9)10(13)14-11(2,3)4;3*9-8(10,11)6-7-4-2-1-3-5-7;8-7(9,10)5-6-1-3-11-4-2-6;/h1,5-8H2,2-4H3;2*7H,1-6H2;6H,1-5H2;6,11H,1-5H2;1H. The van der Waals surface area contributed by atoms with E-state index in [4.69, 9.17) is 4.74 Å². The number of likely N-dealkylation sites (tertiary alicyclic amines) is 1. The number of piperidine rings is 2. The highest BCUT2D eigenvalue weighted by atomic mass is 19.4. The number of carbonyl (C=O) groups is 1. The van der Waals surface area contributed by atoms with Crippen LogP contribution in [0, 0.1) is 17.8 Å². The largest absolute Gasteiger partial charge is 0.444 e. The molecule has 4 nitrogen and oxygen atoms in total. The first-order chi connectivity index (χ1) is 26.7. The van der Waals surface area contributed by atoms with Crippen molar-refractivity contribution in [2.24, 2.45) is 17.8 Å². The molecular formula is C42H70F12N2O2. The molecule has 0 unspecified atom stereocenters. The topological polar surface area (TPSA) is 41.6 Å². The van der Waals surface area contributed by atoms with Crippen molar-refractivity contribution in [1.82, 2.24) is 10.2 Å². The van der Waals surface area contributed by atoms with E-state index < -0.39 is 49.6 Å². The van der Waals surface area contributed by atoms with Gasteiger partial charge in [-0.25, -0.2) is 4.79 Å². The fourth-order valence-electron chi connectivity index (χ4n) is 7.56. The third kappa shape index (κ3) is 31.7. The van der Waals surface area contributed by atoms with Crippen molar-refractivity contribution in [3.05, 3.63) is 23.8 Å². The first kappa shape index (κ1) is 53.9. The Morgan fingerprint density at radius 2 is 0.983 bits per heavy atom. The van der Waals surface area contributed by atoms with E-state index in [9.17, 15) is 57.5 Å². The van der Waals surface area contributed by atoms with Gasteiger partial charge in [0, 0.05) is 39.9 Å². The van der Waals surface area contributed by atoms with Gasteiger partial charge in [-0.05, 0) is 103 Å². The summed E-state index contributed by atoms with van der Waals surface area (Å²) in [6, 6.07) is 0. The van der Waals surface area contributed by atoms with Gasteiger partial charge in [0.25, 0.3) is 0 Å². The lowest BCUT2D eigenvalue weighted by Gasteiger charge is -2.30. The number of alkyl halides is 12. The number of amides is 1. The van der Waals surface area contributed by atoms with E-state index in [1.54, 1.807) is 4.90 Å². The summed E-state index contributed by atoms with van der Waals surface area (Å²) in [6.45, 7) is 12.5. The van der Waals surface area contributed by atoms with E-state index >= 15 is 0 Å².